The van der Waals surface area contributed by atoms with Gasteiger partial charge in [0.05, 0.1) is 34.4 Å². The third-order valence-corrected chi connectivity index (χ3v) is 17.5. The van der Waals surface area contributed by atoms with Crippen molar-refractivity contribution >= 4 is 66.1 Å². The molecule has 3 aromatic carbocycles. The number of nitrogens with one attached hydrogen (secondary N) is 4. The summed E-state index contributed by atoms with van der Waals surface area (Å²) >= 11 is 0. The molecule has 15 nitrogen and oxygen atoms in total. The summed E-state index contributed by atoms with van der Waals surface area (Å²) in [4.78, 5) is 84.3. The van der Waals surface area contributed by atoms with E-state index in [1.165, 1.54) is 19.4 Å². The van der Waals surface area contributed by atoms with Gasteiger partial charge in [0.2, 0.25) is 23.6 Å². The molecule has 6 amide bonds. The zero-order valence-electron chi connectivity index (χ0n) is 40.0. The molecule has 6 atom stereocenters. The molecule has 356 valence electrons. The summed E-state index contributed by atoms with van der Waals surface area (Å²) in [6, 6.07) is 23.3. The van der Waals surface area contributed by atoms with Gasteiger partial charge in [-0.1, -0.05) is 95.3 Å². The van der Waals surface area contributed by atoms with Gasteiger partial charge in [0.1, 0.15) is 24.2 Å². The Morgan fingerprint density at radius 3 is 1.35 bits per heavy atom. The topological polar surface area (TPSA) is 179 Å². The van der Waals surface area contributed by atoms with Gasteiger partial charge in [0.15, 0.2) is 0 Å². The third kappa shape index (κ3) is 11.2. The first kappa shape index (κ1) is 49.5. The van der Waals surface area contributed by atoms with Gasteiger partial charge in [0.25, 0.3) is 0 Å². The maximum absolute atomic E-state index is 13.7. The van der Waals surface area contributed by atoms with Crippen molar-refractivity contribution in [3.63, 3.8) is 0 Å². The van der Waals surface area contributed by atoms with Crippen LogP contribution in [0.1, 0.15) is 96.4 Å². The highest BCUT2D eigenvalue weighted by Gasteiger charge is 2.41. The summed E-state index contributed by atoms with van der Waals surface area (Å²) in [7, 11) is 0.936. The maximum Gasteiger partial charge on any atom is 0.407 e. The maximum atomic E-state index is 13.7. The van der Waals surface area contributed by atoms with E-state index in [0.717, 1.165) is 35.7 Å². The number of hydrogen-bond donors (Lipinski definition) is 4. The van der Waals surface area contributed by atoms with Crippen molar-refractivity contribution in [1.82, 2.24) is 20.4 Å². The molecule has 0 aromatic heterocycles. The predicted octanol–water partition coefficient (Wildman–Crippen LogP) is 7.32. The zero-order chi connectivity index (χ0) is 47.9. The van der Waals surface area contributed by atoms with Crippen LogP contribution in [0.3, 0.4) is 0 Å². The lowest BCUT2D eigenvalue weighted by molar-refractivity contribution is -0.139. The summed E-state index contributed by atoms with van der Waals surface area (Å²) in [6.07, 6.45) is 2.80. The number of alkyl carbamates (subject to hydrolysis) is 2. The quantitative estimate of drug-likeness (QED) is 0.114. The second-order valence-corrected chi connectivity index (χ2v) is 24.2. The molecule has 3 aliphatic rings. The lowest BCUT2D eigenvalue weighted by Gasteiger charge is -2.34. The average Bonchev–Trinajstić information content (AvgIpc) is 4.11. The monoisotopic (exact) mass is 923 g/mol. The van der Waals surface area contributed by atoms with Crippen LogP contribution in [0.4, 0.5) is 26.7 Å². The first-order valence-electron chi connectivity index (χ1n) is 23.5. The summed E-state index contributed by atoms with van der Waals surface area (Å²) in [5.41, 5.74) is 4.59. The fourth-order valence-corrected chi connectivity index (χ4v) is 11.0. The van der Waals surface area contributed by atoms with Crippen LogP contribution in [0, 0.1) is 11.8 Å². The van der Waals surface area contributed by atoms with E-state index in [1.54, 1.807) is 9.80 Å². The number of carbonyl (C=O) groups excluding carboxylic acids is 6. The SMILES string of the molecule is CC[Si](C)(C)c1ccc(N2[C@@H](c3ccc(NC(=O)[C@@H]4CCCN4C(=O)[C@@H](NC(=O)OC)C(C)C)cc3)CC[C@H]2c2ccc(NC(=O)[C@@H]3CCCN3C(=O)[C@@H](NC(=O)OC)C(C)C)cc2)cc1. The van der Waals surface area contributed by atoms with Crippen LogP contribution in [0.25, 0.3) is 0 Å². The minimum Gasteiger partial charge on any atom is -0.453 e. The summed E-state index contributed by atoms with van der Waals surface area (Å²) in [6.45, 7) is 15.3. The normalized spacial score (nSPS) is 20.5. The minimum absolute atomic E-state index is 0.0360. The van der Waals surface area contributed by atoms with Crippen LogP contribution in [0.5, 0.6) is 0 Å². The molecule has 3 saturated heterocycles. The number of methoxy groups -OCH3 is 2. The first-order chi connectivity index (χ1) is 31.5. The standard InChI is InChI=1S/C50H69N7O8Si/c1-10-66(8,9)38-25-23-37(24-26-38)57-39(33-15-19-35(20-16-33)51-45(58)41-13-11-29-55(41)47(60)43(31(2)3)53-49(62)64-6)27-28-40(57)34-17-21-36(22-18-34)52-46(59)42-14-12-30-56(42)48(61)44(32(4)5)54-50(63)65-7/h15-26,31-32,39-44H,10-14,27-30H2,1-9H3,(H,51,58)(H,52,59)(H,53,62)(H,54,63)/t39-,40+,41-,42-,43-,44-/m0/s1. The molecule has 3 fully saturated rings. The fourth-order valence-electron chi connectivity index (χ4n) is 9.51. The number of likely N-dealkylation sites (tertiary alicyclic amines) is 2. The Morgan fingerprint density at radius 2 is 1.00 bits per heavy atom. The van der Waals surface area contributed by atoms with Gasteiger partial charge in [-0.05, 0) is 97.9 Å². The predicted molar refractivity (Wildman–Crippen MR) is 259 cm³/mol. The lowest BCUT2D eigenvalue weighted by Crippen LogP contribution is -2.54. The summed E-state index contributed by atoms with van der Waals surface area (Å²) in [5.74, 6) is -1.54. The number of carbonyl (C=O) groups is 6. The fraction of sp³-hybridized carbons (Fsp3) is 0.520. The van der Waals surface area contributed by atoms with Crippen LogP contribution in [0.15, 0.2) is 72.8 Å². The number of anilines is 3. The van der Waals surface area contributed by atoms with Crippen molar-refractivity contribution in [2.75, 3.05) is 42.8 Å². The highest BCUT2D eigenvalue weighted by atomic mass is 28.3. The van der Waals surface area contributed by atoms with E-state index in [-0.39, 0.29) is 47.5 Å². The Morgan fingerprint density at radius 1 is 0.606 bits per heavy atom. The van der Waals surface area contributed by atoms with Crippen LogP contribution < -0.4 is 31.4 Å². The van der Waals surface area contributed by atoms with Crippen LogP contribution in [0.2, 0.25) is 19.1 Å². The Balaban J connectivity index is 1.18. The highest BCUT2D eigenvalue weighted by Crippen LogP contribution is 2.47. The van der Waals surface area contributed by atoms with Crippen LogP contribution in [-0.4, -0.2) is 105 Å². The Kier molecular flexibility index (Phi) is 16.2. The summed E-state index contributed by atoms with van der Waals surface area (Å²) in [5, 5.41) is 12.8. The van der Waals surface area contributed by atoms with Crippen LogP contribution in [-0.2, 0) is 28.7 Å². The second-order valence-electron chi connectivity index (χ2n) is 19.1. The molecule has 0 bridgehead atoms. The molecule has 0 spiro atoms. The van der Waals surface area contributed by atoms with Gasteiger partial charge in [-0.25, -0.2) is 9.59 Å². The molecule has 6 rings (SSSR count). The molecule has 3 aliphatic heterocycles. The van der Waals surface area contributed by atoms with Crippen molar-refractivity contribution in [2.24, 2.45) is 11.8 Å². The first-order valence-corrected chi connectivity index (χ1v) is 26.7. The average molecular weight is 924 g/mol. The molecule has 3 heterocycles. The number of benzene rings is 3. The van der Waals surface area contributed by atoms with E-state index in [1.807, 2.05) is 52.0 Å². The molecule has 3 aromatic rings. The lowest BCUT2D eigenvalue weighted by atomic mass is 10.0. The molecule has 0 radical (unpaired) electrons. The molecule has 0 unspecified atom stereocenters. The van der Waals surface area contributed by atoms with E-state index < -0.39 is 44.4 Å². The number of hydrogen-bond acceptors (Lipinski definition) is 9. The number of rotatable bonds is 15. The largest absolute Gasteiger partial charge is 0.453 e. The molecule has 0 aliphatic carbocycles. The van der Waals surface area contributed by atoms with E-state index >= 15 is 0 Å². The van der Waals surface area contributed by atoms with Gasteiger partial charge in [-0.15, -0.1) is 0 Å². The minimum atomic E-state index is -1.57. The molecular formula is C50H69N7O8Si. The Bertz CT molecular complexity index is 2080. The van der Waals surface area contributed by atoms with Gasteiger partial charge < -0.3 is 45.4 Å². The molecule has 16 heteroatoms. The van der Waals surface area contributed by atoms with Crippen molar-refractivity contribution < 1.29 is 38.2 Å². The molecule has 66 heavy (non-hydrogen) atoms. The van der Waals surface area contributed by atoms with Crippen molar-refractivity contribution in [2.45, 2.75) is 129 Å². The molecular weight excluding hydrogens is 855 g/mol. The zero-order valence-corrected chi connectivity index (χ0v) is 41.0. The number of nitrogens with zero attached hydrogens (tertiary/aromatic N) is 3. The highest BCUT2D eigenvalue weighted by molar-refractivity contribution is 6.89. The number of amides is 6. The Labute approximate surface area is 390 Å². The van der Waals surface area contributed by atoms with Gasteiger partial charge in [0, 0.05) is 30.2 Å². The third-order valence-electron chi connectivity index (χ3n) is 13.8. The van der Waals surface area contributed by atoms with E-state index in [0.29, 0.717) is 50.1 Å². The van der Waals surface area contributed by atoms with Crippen molar-refractivity contribution in [3.8, 4) is 0 Å². The molecule has 0 saturated carbocycles. The van der Waals surface area contributed by atoms with Crippen LogP contribution >= 0.6 is 0 Å². The van der Waals surface area contributed by atoms with Crippen molar-refractivity contribution in [3.05, 3.63) is 83.9 Å². The smallest absolute Gasteiger partial charge is 0.407 e. The van der Waals surface area contributed by atoms with E-state index in [2.05, 4.69) is 94.7 Å². The summed E-state index contributed by atoms with van der Waals surface area (Å²) < 4.78 is 9.50. The van der Waals surface area contributed by atoms with Gasteiger partial charge in [-0.3, -0.25) is 19.2 Å². The second kappa shape index (κ2) is 21.6. The van der Waals surface area contributed by atoms with E-state index in [4.69, 9.17) is 9.47 Å². The Hall–Kier alpha value is -5.90. The molecule has 4 N–H and O–H groups in total. The van der Waals surface area contributed by atoms with Crippen molar-refractivity contribution in [1.29, 1.82) is 0 Å². The van der Waals surface area contributed by atoms with Gasteiger partial charge >= 0.3 is 12.2 Å². The number of ether oxygens (including phenoxy) is 2. The van der Waals surface area contributed by atoms with E-state index in [9.17, 15) is 28.8 Å². The van der Waals surface area contributed by atoms with Gasteiger partial charge in [-0.2, -0.15) is 0 Å².